The third kappa shape index (κ3) is 3.00. The third-order valence-electron chi connectivity index (χ3n) is 10.0. The van der Waals surface area contributed by atoms with Crippen molar-refractivity contribution < 1.29 is 5.11 Å². The molecule has 1 N–H and O–H groups in total. The molecule has 3 aromatic rings. The summed E-state index contributed by atoms with van der Waals surface area (Å²) in [5.74, 6) is 1.29. The van der Waals surface area contributed by atoms with Crippen LogP contribution in [0.2, 0.25) is 0 Å². The molecule has 3 aromatic carbocycles. The van der Waals surface area contributed by atoms with Gasteiger partial charge in [0.15, 0.2) is 0 Å². The van der Waals surface area contributed by atoms with Gasteiger partial charge in [-0.05, 0) is 50.4 Å². The van der Waals surface area contributed by atoms with Crippen LogP contribution in [0, 0.1) is 5.92 Å². The molecule has 1 nitrogen and oxygen atoms in total. The minimum absolute atomic E-state index is 0.288. The van der Waals surface area contributed by atoms with Gasteiger partial charge in [-0.25, -0.2) is 0 Å². The average molecular weight is 473 g/mol. The summed E-state index contributed by atoms with van der Waals surface area (Å²) < 4.78 is 0. The van der Waals surface area contributed by atoms with Gasteiger partial charge >= 0.3 is 0 Å². The molecule has 0 amide bonds. The number of aromatic hydroxyl groups is 1. The molecule has 0 bridgehead atoms. The van der Waals surface area contributed by atoms with E-state index in [2.05, 4.69) is 116 Å². The summed E-state index contributed by atoms with van der Waals surface area (Å²) in [6.45, 7) is 6.98. The number of benzene rings is 3. The predicted molar refractivity (Wildman–Crippen MR) is 177 cm³/mol. The second-order valence-corrected chi connectivity index (χ2v) is 12.1. The van der Waals surface area contributed by atoms with Crippen molar-refractivity contribution >= 4 is 85.4 Å². The molecule has 0 fully saturated rings. The highest BCUT2D eigenvalue weighted by atomic mass is 16.3. The molecular formula is C30H32B6O. The molecule has 2 atom stereocenters. The molecule has 176 valence electrons. The molecule has 0 saturated carbocycles. The first-order chi connectivity index (χ1) is 17.5. The number of phenols is 1. The summed E-state index contributed by atoms with van der Waals surface area (Å²) in [6, 6.07) is 9.01. The van der Waals surface area contributed by atoms with E-state index >= 15 is 0 Å². The Morgan fingerprint density at radius 1 is 0.730 bits per heavy atom. The maximum absolute atomic E-state index is 11.5. The van der Waals surface area contributed by atoms with Gasteiger partial charge in [0.25, 0.3) is 0 Å². The normalized spacial score (nSPS) is 20.4. The van der Waals surface area contributed by atoms with Gasteiger partial charge in [-0.15, -0.1) is 0 Å². The number of phenolic OH excluding ortho intramolecular Hbond substituents is 1. The second-order valence-electron chi connectivity index (χ2n) is 12.1. The number of hydrogen-bond donors (Lipinski definition) is 1. The first kappa shape index (κ1) is 24.4. The van der Waals surface area contributed by atoms with E-state index in [0.29, 0.717) is 17.6 Å². The Bertz CT molecular complexity index is 1640. The van der Waals surface area contributed by atoms with Crippen LogP contribution in [0.1, 0.15) is 54.5 Å². The van der Waals surface area contributed by atoms with Crippen LogP contribution in [-0.4, -0.2) is 52.2 Å². The van der Waals surface area contributed by atoms with Crippen LogP contribution in [0.15, 0.2) is 54.1 Å². The molecule has 6 rings (SSSR count). The Hall–Kier alpha value is -2.93. The summed E-state index contributed by atoms with van der Waals surface area (Å²) in [4.78, 5) is 0. The SMILES string of the molecule is Bc1c(B)c(O)c2c(c1B)-c1c(B)c(B)c(C3=C4C=CC=CC4C(C)c4ccccc43)c(B)c1C2(C)C. The molecule has 0 saturated heterocycles. The Balaban J connectivity index is 1.76. The summed E-state index contributed by atoms with van der Waals surface area (Å²) in [5.41, 5.74) is 19.3. The van der Waals surface area contributed by atoms with Gasteiger partial charge in [-0.3, -0.25) is 0 Å². The average Bonchev–Trinajstić information content (AvgIpc) is 3.14. The van der Waals surface area contributed by atoms with Gasteiger partial charge in [-0.2, -0.15) is 0 Å². The van der Waals surface area contributed by atoms with Crippen molar-refractivity contribution in [1.82, 2.24) is 0 Å². The zero-order chi connectivity index (χ0) is 26.5. The zero-order valence-corrected chi connectivity index (χ0v) is 23.7. The summed E-state index contributed by atoms with van der Waals surface area (Å²) in [6.07, 6.45) is 9.13. The van der Waals surface area contributed by atoms with Crippen LogP contribution in [0.3, 0.4) is 0 Å². The molecule has 7 heteroatoms. The summed E-state index contributed by atoms with van der Waals surface area (Å²) in [7, 11) is 13.4. The largest absolute Gasteiger partial charge is 0.508 e. The second kappa shape index (κ2) is 8.03. The minimum atomic E-state index is -0.288. The van der Waals surface area contributed by atoms with Gasteiger partial charge < -0.3 is 5.11 Å². The lowest BCUT2D eigenvalue weighted by atomic mass is 9.60. The molecule has 0 heterocycles. The Morgan fingerprint density at radius 3 is 2.08 bits per heavy atom. The topological polar surface area (TPSA) is 20.2 Å². The van der Waals surface area contributed by atoms with Gasteiger partial charge in [0, 0.05) is 16.9 Å². The van der Waals surface area contributed by atoms with Crippen LogP contribution in [0.4, 0.5) is 0 Å². The fourth-order valence-corrected chi connectivity index (χ4v) is 7.80. The lowest BCUT2D eigenvalue weighted by molar-refractivity contribution is 0.461. The van der Waals surface area contributed by atoms with Crippen LogP contribution in [0.25, 0.3) is 16.7 Å². The smallest absolute Gasteiger partial charge is 0.143 e. The maximum atomic E-state index is 11.5. The van der Waals surface area contributed by atoms with Crippen LogP contribution < -0.4 is 32.8 Å². The van der Waals surface area contributed by atoms with Crippen molar-refractivity contribution in [3.05, 3.63) is 82.0 Å². The van der Waals surface area contributed by atoms with E-state index in [9.17, 15) is 5.11 Å². The highest BCUT2D eigenvalue weighted by Gasteiger charge is 2.43. The number of hydrogen-bond acceptors (Lipinski definition) is 1. The molecule has 0 aliphatic heterocycles. The standard InChI is InChI=1S/C30H32B6O/c1-12-13-8-4-6-10-15(13)17(16-11-7-5-9-14(12)16)20-23(31)21-18(24(32)26(20)34)19-22(30(21,2)3)29(37)28(36)27(35)25(19)33/h4-13,37H,31-36H2,1-3H3. The van der Waals surface area contributed by atoms with Gasteiger partial charge in [0.1, 0.15) is 52.8 Å². The van der Waals surface area contributed by atoms with Crippen molar-refractivity contribution in [2.75, 3.05) is 0 Å². The predicted octanol–water partition coefficient (Wildman–Crippen LogP) is -3.09. The van der Waals surface area contributed by atoms with Crippen molar-refractivity contribution in [3.63, 3.8) is 0 Å². The van der Waals surface area contributed by atoms with E-state index in [1.54, 1.807) is 0 Å². The van der Waals surface area contributed by atoms with Gasteiger partial charge in [0.05, 0.1) is 0 Å². The van der Waals surface area contributed by atoms with E-state index < -0.39 is 0 Å². The first-order valence-corrected chi connectivity index (χ1v) is 13.7. The fraction of sp³-hybridized carbons (Fsp3) is 0.200. The zero-order valence-electron chi connectivity index (χ0n) is 23.7. The minimum Gasteiger partial charge on any atom is -0.508 e. The summed E-state index contributed by atoms with van der Waals surface area (Å²) >= 11 is 0. The third-order valence-corrected chi connectivity index (χ3v) is 10.0. The highest BCUT2D eigenvalue weighted by Crippen LogP contribution is 2.51. The van der Waals surface area contributed by atoms with Crippen molar-refractivity contribution in [3.8, 4) is 16.9 Å². The van der Waals surface area contributed by atoms with E-state index in [0.717, 1.165) is 11.0 Å². The quantitative estimate of drug-likeness (QED) is 0.372. The van der Waals surface area contributed by atoms with E-state index in [1.165, 1.54) is 71.8 Å². The maximum Gasteiger partial charge on any atom is 0.143 e. The fourth-order valence-electron chi connectivity index (χ4n) is 7.80. The van der Waals surface area contributed by atoms with E-state index in [1.807, 2.05) is 0 Å². The van der Waals surface area contributed by atoms with E-state index in [-0.39, 0.29) is 5.41 Å². The first-order valence-electron chi connectivity index (χ1n) is 13.7. The number of rotatable bonds is 1. The highest BCUT2D eigenvalue weighted by molar-refractivity contribution is 6.61. The van der Waals surface area contributed by atoms with Gasteiger partial charge in [0.2, 0.25) is 0 Å². The molecule has 0 spiro atoms. The van der Waals surface area contributed by atoms with Crippen LogP contribution >= 0.6 is 0 Å². The van der Waals surface area contributed by atoms with Crippen molar-refractivity contribution in [1.29, 1.82) is 0 Å². The number of allylic oxidation sites excluding steroid dienone is 5. The van der Waals surface area contributed by atoms with Gasteiger partial charge in [-0.1, -0.05) is 102 Å². The molecule has 37 heavy (non-hydrogen) atoms. The molecule has 3 aliphatic rings. The Labute approximate surface area is 227 Å². The number of fused-ring (bicyclic) bond motifs is 5. The Morgan fingerprint density at radius 2 is 1.35 bits per heavy atom. The molecule has 3 aliphatic carbocycles. The van der Waals surface area contributed by atoms with Crippen LogP contribution in [0.5, 0.6) is 5.75 Å². The molecular weight excluding hydrogens is 441 g/mol. The van der Waals surface area contributed by atoms with Crippen molar-refractivity contribution in [2.45, 2.75) is 32.1 Å². The lowest BCUT2D eigenvalue weighted by Crippen LogP contribution is -2.43. The molecule has 0 aromatic heterocycles. The lowest BCUT2D eigenvalue weighted by Gasteiger charge is -2.37. The monoisotopic (exact) mass is 474 g/mol. The van der Waals surface area contributed by atoms with Crippen molar-refractivity contribution in [2.24, 2.45) is 5.92 Å². The Kier molecular flexibility index (Phi) is 5.30. The van der Waals surface area contributed by atoms with Crippen LogP contribution in [-0.2, 0) is 5.41 Å². The van der Waals surface area contributed by atoms with E-state index in [4.69, 9.17) is 0 Å². The summed E-state index contributed by atoms with van der Waals surface area (Å²) in [5, 5.41) is 11.5. The molecule has 2 unspecified atom stereocenters. The molecule has 0 radical (unpaired) electrons.